The summed E-state index contributed by atoms with van der Waals surface area (Å²) in [5, 5.41) is 21.9. The van der Waals surface area contributed by atoms with Crippen LogP contribution >= 0.6 is 0 Å². The molecule has 1 amide bonds. The van der Waals surface area contributed by atoms with Crippen LogP contribution in [-0.4, -0.2) is 33.7 Å². The second kappa shape index (κ2) is 6.20. The largest absolute Gasteiger partial charge is 0.507 e. The number of benzene rings is 2. The zero-order chi connectivity index (χ0) is 18.1. The fraction of sp³-hybridized carbons (Fsp3) is 0.111. The Balaban J connectivity index is 2.25. The van der Waals surface area contributed by atoms with Gasteiger partial charge in [-0.15, -0.1) is 0 Å². The first-order chi connectivity index (χ1) is 11.9. The molecule has 1 aliphatic rings. The smallest absolute Gasteiger partial charge is 0.295 e. The highest BCUT2D eigenvalue weighted by atomic mass is 16.6. The molecule has 0 bridgehead atoms. The summed E-state index contributed by atoms with van der Waals surface area (Å²) in [5.74, 6) is -2.04. The van der Waals surface area contributed by atoms with Crippen LogP contribution < -0.4 is 0 Å². The third-order valence-corrected chi connectivity index (χ3v) is 4.15. The monoisotopic (exact) mass is 338 g/mol. The van der Waals surface area contributed by atoms with E-state index in [0.29, 0.717) is 5.56 Å². The van der Waals surface area contributed by atoms with E-state index in [1.807, 2.05) is 0 Å². The summed E-state index contributed by atoms with van der Waals surface area (Å²) in [4.78, 5) is 36.5. The van der Waals surface area contributed by atoms with Crippen molar-refractivity contribution in [1.82, 2.24) is 4.90 Å². The molecule has 0 spiro atoms. The summed E-state index contributed by atoms with van der Waals surface area (Å²) in [5.41, 5.74) is 0.150. The number of aliphatic hydroxyl groups is 1. The number of Topliss-reactive ketones (excluding diaryl/α,β-unsaturated/α-hetero) is 1. The minimum absolute atomic E-state index is 0.159. The van der Waals surface area contributed by atoms with Crippen molar-refractivity contribution in [3.8, 4) is 0 Å². The molecule has 126 valence electrons. The Morgan fingerprint density at radius 2 is 1.68 bits per heavy atom. The van der Waals surface area contributed by atoms with Gasteiger partial charge < -0.3 is 10.0 Å². The number of likely N-dealkylation sites (tertiary alicyclic amines) is 1. The van der Waals surface area contributed by atoms with Crippen LogP contribution in [0.15, 0.2) is 60.2 Å². The van der Waals surface area contributed by atoms with E-state index >= 15 is 0 Å². The predicted octanol–water partition coefficient (Wildman–Crippen LogP) is 2.65. The van der Waals surface area contributed by atoms with Gasteiger partial charge in [0.15, 0.2) is 0 Å². The van der Waals surface area contributed by atoms with Gasteiger partial charge >= 0.3 is 0 Å². The van der Waals surface area contributed by atoms with E-state index in [2.05, 4.69) is 0 Å². The minimum Gasteiger partial charge on any atom is -0.507 e. The highest BCUT2D eigenvalue weighted by Gasteiger charge is 2.46. The van der Waals surface area contributed by atoms with Gasteiger partial charge in [0.2, 0.25) is 0 Å². The number of ketones is 1. The standard InChI is InChI=1S/C18H14N2O5/c1-19-15(12-9-5-6-10-13(12)20(24)25)14(17(22)18(19)23)16(21)11-7-3-2-4-8-11/h2-10,15,21H,1H3/b16-14-. The number of nitrogens with zero attached hydrogens (tertiary/aromatic N) is 2. The lowest BCUT2D eigenvalue weighted by molar-refractivity contribution is -0.385. The van der Waals surface area contributed by atoms with Gasteiger partial charge in [-0.05, 0) is 6.07 Å². The maximum absolute atomic E-state index is 12.4. The summed E-state index contributed by atoms with van der Waals surface area (Å²) in [6, 6.07) is 13.1. The summed E-state index contributed by atoms with van der Waals surface area (Å²) in [6.45, 7) is 0. The van der Waals surface area contributed by atoms with Gasteiger partial charge in [-0.2, -0.15) is 0 Å². The Morgan fingerprint density at radius 3 is 2.32 bits per heavy atom. The van der Waals surface area contributed by atoms with E-state index in [4.69, 9.17) is 0 Å². The van der Waals surface area contributed by atoms with Crippen molar-refractivity contribution in [1.29, 1.82) is 0 Å². The van der Waals surface area contributed by atoms with Gasteiger partial charge in [-0.25, -0.2) is 0 Å². The van der Waals surface area contributed by atoms with E-state index in [1.54, 1.807) is 36.4 Å². The maximum Gasteiger partial charge on any atom is 0.295 e. The number of carbonyl (C=O) groups excluding carboxylic acids is 2. The maximum atomic E-state index is 12.4. The lowest BCUT2D eigenvalue weighted by Gasteiger charge is -2.20. The normalized spacial score (nSPS) is 19.2. The fourth-order valence-corrected chi connectivity index (χ4v) is 2.95. The molecule has 0 aliphatic carbocycles. The number of hydrogen-bond acceptors (Lipinski definition) is 5. The van der Waals surface area contributed by atoms with Crippen molar-refractivity contribution < 1.29 is 19.6 Å². The average Bonchev–Trinajstić information content (AvgIpc) is 2.85. The van der Waals surface area contributed by atoms with Gasteiger partial charge in [-0.3, -0.25) is 19.7 Å². The van der Waals surface area contributed by atoms with Crippen LogP contribution in [-0.2, 0) is 9.59 Å². The zero-order valence-corrected chi connectivity index (χ0v) is 13.2. The number of para-hydroxylation sites is 1. The van der Waals surface area contributed by atoms with Crippen LogP contribution in [0, 0.1) is 10.1 Å². The zero-order valence-electron chi connectivity index (χ0n) is 13.2. The van der Waals surface area contributed by atoms with Crippen molar-refractivity contribution in [2.24, 2.45) is 0 Å². The molecule has 0 aromatic heterocycles. The van der Waals surface area contributed by atoms with Gasteiger partial charge in [0.1, 0.15) is 5.76 Å². The van der Waals surface area contributed by atoms with E-state index in [9.17, 15) is 24.8 Å². The molecule has 1 aliphatic heterocycles. The molecule has 0 radical (unpaired) electrons. The van der Waals surface area contributed by atoms with Crippen LogP contribution in [0.4, 0.5) is 5.69 Å². The molecule has 7 heteroatoms. The number of likely N-dealkylation sites (N-methyl/N-ethyl adjacent to an activating group) is 1. The Bertz CT molecular complexity index is 905. The number of nitro groups is 1. The van der Waals surface area contributed by atoms with Gasteiger partial charge in [-0.1, -0.05) is 42.5 Å². The first-order valence-electron chi connectivity index (χ1n) is 7.47. The van der Waals surface area contributed by atoms with Crippen LogP contribution in [0.3, 0.4) is 0 Å². The van der Waals surface area contributed by atoms with Crippen LogP contribution in [0.2, 0.25) is 0 Å². The molecule has 1 unspecified atom stereocenters. The second-order valence-electron chi connectivity index (χ2n) is 5.59. The lowest BCUT2D eigenvalue weighted by atomic mass is 9.94. The molecule has 3 rings (SSSR count). The van der Waals surface area contributed by atoms with E-state index in [-0.39, 0.29) is 22.6 Å². The molecule has 1 saturated heterocycles. The summed E-state index contributed by atoms with van der Waals surface area (Å²) in [6.07, 6.45) is 0. The third kappa shape index (κ3) is 2.65. The van der Waals surface area contributed by atoms with Crippen LogP contribution in [0.5, 0.6) is 0 Å². The molecule has 1 N–H and O–H groups in total. The first kappa shape index (κ1) is 16.4. The van der Waals surface area contributed by atoms with Crippen molar-refractivity contribution >= 4 is 23.1 Å². The number of carbonyl (C=O) groups is 2. The SMILES string of the molecule is CN1C(=O)C(=O)/C(=C(\O)c2ccccc2)C1c1ccccc1[N+](=O)[O-]. The molecule has 2 aromatic rings. The molecule has 1 atom stereocenters. The molecular formula is C18H14N2O5. The molecule has 25 heavy (non-hydrogen) atoms. The molecule has 0 saturated carbocycles. The molecule has 1 fully saturated rings. The van der Waals surface area contributed by atoms with Crippen molar-refractivity contribution in [2.45, 2.75) is 6.04 Å². The summed E-state index contributed by atoms with van der Waals surface area (Å²) < 4.78 is 0. The number of amides is 1. The van der Waals surface area contributed by atoms with E-state index in [1.165, 1.54) is 25.2 Å². The third-order valence-electron chi connectivity index (χ3n) is 4.15. The minimum atomic E-state index is -1.03. The molecular weight excluding hydrogens is 324 g/mol. The average molecular weight is 338 g/mol. The van der Waals surface area contributed by atoms with Crippen molar-refractivity contribution in [3.05, 3.63) is 81.4 Å². The van der Waals surface area contributed by atoms with Crippen LogP contribution in [0.1, 0.15) is 17.2 Å². The fourth-order valence-electron chi connectivity index (χ4n) is 2.95. The first-order valence-corrected chi connectivity index (χ1v) is 7.47. The summed E-state index contributed by atoms with van der Waals surface area (Å²) in [7, 11) is 1.38. The molecule has 7 nitrogen and oxygen atoms in total. The van der Waals surface area contributed by atoms with E-state index < -0.39 is 22.7 Å². The van der Waals surface area contributed by atoms with Crippen LogP contribution in [0.25, 0.3) is 5.76 Å². The number of hydrogen-bond donors (Lipinski definition) is 1. The highest BCUT2D eigenvalue weighted by Crippen LogP contribution is 2.41. The van der Waals surface area contributed by atoms with Gasteiger partial charge in [0.05, 0.1) is 22.1 Å². The summed E-state index contributed by atoms with van der Waals surface area (Å²) >= 11 is 0. The molecule has 2 aromatic carbocycles. The van der Waals surface area contributed by atoms with Gasteiger partial charge in [0.25, 0.3) is 17.4 Å². The predicted molar refractivity (Wildman–Crippen MR) is 89.6 cm³/mol. The highest BCUT2D eigenvalue weighted by molar-refractivity contribution is 6.46. The molecule has 1 heterocycles. The lowest BCUT2D eigenvalue weighted by Crippen LogP contribution is -2.25. The van der Waals surface area contributed by atoms with Crippen molar-refractivity contribution in [3.63, 3.8) is 0 Å². The topological polar surface area (TPSA) is 101 Å². The Hall–Kier alpha value is -3.48. The van der Waals surface area contributed by atoms with E-state index in [0.717, 1.165) is 4.90 Å². The number of nitro benzene ring substituents is 1. The Kier molecular flexibility index (Phi) is 4.06. The Labute approximate surface area is 143 Å². The van der Waals surface area contributed by atoms with Gasteiger partial charge in [0, 0.05) is 18.7 Å². The number of rotatable bonds is 3. The number of aliphatic hydroxyl groups excluding tert-OH is 1. The van der Waals surface area contributed by atoms with Crippen molar-refractivity contribution in [2.75, 3.05) is 7.05 Å². The second-order valence-corrected chi connectivity index (χ2v) is 5.59. The quantitative estimate of drug-likeness (QED) is 0.305. The Morgan fingerprint density at radius 1 is 1.08 bits per heavy atom.